The summed E-state index contributed by atoms with van der Waals surface area (Å²) < 4.78 is 48.1. The lowest BCUT2D eigenvalue weighted by Gasteiger charge is -2.34. The number of fused-ring (bicyclic) bond motifs is 1. The van der Waals surface area contributed by atoms with Crippen molar-refractivity contribution in [1.29, 1.82) is 0 Å². The minimum Gasteiger partial charge on any atom is -0.458 e. The number of aliphatic hydroxyl groups is 2. The summed E-state index contributed by atoms with van der Waals surface area (Å²) in [4.78, 5) is 26.7. The number of nitrogens with one attached hydrogen (secondary N) is 1. The Morgan fingerprint density at radius 1 is 1.19 bits per heavy atom. The zero-order valence-electron chi connectivity index (χ0n) is 28.0. The second kappa shape index (κ2) is 13.9. The highest BCUT2D eigenvalue weighted by molar-refractivity contribution is 7.98. The van der Waals surface area contributed by atoms with E-state index in [9.17, 15) is 33.0 Å². The van der Waals surface area contributed by atoms with Gasteiger partial charge in [0.2, 0.25) is 0 Å². The first kappa shape index (κ1) is 37.0. The van der Waals surface area contributed by atoms with Gasteiger partial charge in [-0.1, -0.05) is 34.1 Å². The number of rotatable bonds is 4. The van der Waals surface area contributed by atoms with E-state index in [0.29, 0.717) is 22.7 Å². The number of benzene rings is 1. The van der Waals surface area contributed by atoms with Crippen LogP contribution in [0.15, 0.2) is 34.9 Å². The maximum atomic E-state index is 13.6. The Kier molecular flexibility index (Phi) is 11.0. The molecular weight excluding hydrogens is 633 g/mol. The van der Waals surface area contributed by atoms with E-state index in [1.807, 2.05) is 6.92 Å². The standard InChI is InChI=1S/C34H47F3N4O5S/c1-18-9-8-12-33(6)26(39-33)16-25(46-29(43)17-27(42)32(4,5)31(45)20(3)30(18)44)19(2)13-21-14-28(47-7)41(40-21)22-10-11-24(38)23(15-22)34(35,36)37/h10-11,13-15,18,20,25-27,30,39,42,44H,8-9,12,16-17,38H2,1-7H3/b19-13+/t18-,20+,25-,26-,27-,30-,33+/m0/s1. The van der Waals surface area contributed by atoms with Gasteiger partial charge in [0.15, 0.2) is 0 Å². The molecule has 7 atom stereocenters. The molecule has 0 amide bonds. The molecule has 0 saturated carbocycles. The Bertz CT molecular complexity index is 1510. The molecule has 2 fully saturated rings. The summed E-state index contributed by atoms with van der Waals surface area (Å²) in [5.74, 6) is -1.85. The third-order valence-corrected chi connectivity index (χ3v) is 10.7. The molecule has 13 heteroatoms. The fraction of sp³-hybridized carbons (Fsp3) is 0.618. The summed E-state index contributed by atoms with van der Waals surface area (Å²) in [6.07, 6.45) is -1.60. The largest absolute Gasteiger partial charge is 0.458 e. The zero-order chi connectivity index (χ0) is 35.1. The van der Waals surface area contributed by atoms with Crippen LogP contribution in [-0.4, -0.2) is 67.9 Å². The Morgan fingerprint density at radius 2 is 1.87 bits per heavy atom. The second-order valence-corrected chi connectivity index (χ2v) is 14.8. The van der Waals surface area contributed by atoms with Crippen LogP contribution in [0.2, 0.25) is 0 Å². The number of nitrogens with two attached hydrogens (primary N) is 1. The van der Waals surface area contributed by atoms with Crippen LogP contribution in [0.3, 0.4) is 0 Å². The van der Waals surface area contributed by atoms with E-state index < -0.39 is 53.8 Å². The van der Waals surface area contributed by atoms with Gasteiger partial charge < -0.3 is 26.0 Å². The summed E-state index contributed by atoms with van der Waals surface area (Å²) in [5.41, 5.74) is 4.09. The molecule has 0 bridgehead atoms. The first-order valence-electron chi connectivity index (χ1n) is 16.0. The van der Waals surface area contributed by atoms with Crippen LogP contribution in [0.25, 0.3) is 11.8 Å². The van der Waals surface area contributed by atoms with Crippen molar-refractivity contribution >= 4 is 35.3 Å². The summed E-state index contributed by atoms with van der Waals surface area (Å²) >= 11 is 1.31. The molecule has 1 aromatic heterocycles. The van der Waals surface area contributed by atoms with Gasteiger partial charge in [-0.05, 0) is 74.8 Å². The number of halogens is 3. The van der Waals surface area contributed by atoms with E-state index in [1.165, 1.54) is 28.6 Å². The number of hydrogen-bond acceptors (Lipinski definition) is 9. The zero-order valence-corrected chi connectivity index (χ0v) is 28.8. The van der Waals surface area contributed by atoms with Crippen molar-refractivity contribution in [2.24, 2.45) is 17.3 Å². The monoisotopic (exact) mass is 680 g/mol. The molecule has 0 spiro atoms. The summed E-state index contributed by atoms with van der Waals surface area (Å²) in [7, 11) is 0. The van der Waals surface area contributed by atoms with Crippen LogP contribution in [0.5, 0.6) is 0 Å². The number of thioether (sulfide) groups is 1. The van der Waals surface area contributed by atoms with Crippen molar-refractivity contribution in [2.45, 2.75) is 115 Å². The fourth-order valence-electron chi connectivity index (χ4n) is 6.47. The molecule has 2 saturated heterocycles. The minimum absolute atomic E-state index is 0.0357. The smallest absolute Gasteiger partial charge is 0.418 e. The number of nitrogens with zero attached hydrogens (tertiary/aromatic N) is 2. The number of hydrogen-bond donors (Lipinski definition) is 4. The van der Waals surface area contributed by atoms with Crippen LogP contribution in [0, 0.1) is 17.3 Å². The van der Waals surface area contributed by atoms with Crippen LogP contribution in [0.4, 0.5) is 18.9 Å². The Balaban J connectivity index is 1.64. The van der Waals surface area contributed by atoms with Gasteiger partial charge in [-0.25, -0.2) is 4.68 Å². The summed E-state index contributed by atoms with van der Waals surface area (Å²) in [6.45, 7) is 10.6. The van der Waals surface area contributed by atoms with Gasteiger partial charge in [-0.15, -0.1) is 11.8 Å². The number of alkyl halides is 3. The number of cyclic esters (lactones) is 1. The first-order chi connectivity index (χ1) is 21.8. The number of aliphatic hydroxyl groups excluding tert-OH is 2. The number of anilines is 1. The molecule has 260 valence electrons. The molecule has 2 aliphatic heterocycles. The number of carbonyl (C=O) groups excluding carboxylic acids is 2. The first-order valence-corrected chi connectivity index (χ1v) is 17.2. The minimum atomic E-state index is -4.63. The normalized spacial score (nSPS) is 31.3. The Morgan fingerprint density at radius 3 is 2.51 bits per heavy atom. The van der Waals surface area contributed by atoms with Gasteiger partial charge in [-0.2, -0.15) is 18.3 Å². The SMILES string of the molecule is CSc1cc(/C=C(\C)[C@@H]2C[C@@H]3N[C@]3(C)CCC[C@H](C)[C@H](O)[C@@H](C)C(=O)C(C)(C)[C@@H](O)CC(=O)O2)nn1-c1ccc(N)c(C(F)(F)F)c1. The van der Waals surface area contributed by atoms with Crippen LogP contribution in [-0.2, 0) is 20.5 Å². The number of aromatic nitrogens is 2. The topological polar surface area (TPSA) is 150 Å². The predicted octanol–water partition coefficient (Wildman–Crippen LogP) is 5.79. The Hall–Kier alpha value is -2.87. The average molecular weight is 681 g/mol. The van der Waals surface area contributed by atoms with E-state index in [4.69, 9.17) is 10.5 Å². The molecule has 0 aliphatic carbocycles. The third-order valence-electron chi connectivity index (χ3n) is 9.98. The molecule has 0 unspecified atom stereocenters. The number of esters is 1. The molecule has 47 heavy (non-hydrogen) atoms. The van der Waals surface area contributed by atoms with Crippen molar-refractivity contribution in [3.05, 3.63) is 41.1 Å². The van der Waals surface area contributed by atoms with Crippen molar-refractivity contribution < 1.29 is 37.7 Å². The highest BCUT2D eigenvalue weighted by Gasteiger charge is 2.50. The van der Waals surface area contributed by atoms with E-state index in [0.717, 1.165) is 25.3 Å². The van der Waals surface area contributed by atoms with Gasteiger partial charge >= 0.3 is 12.1 Å². The molecule has 4 rings (SSSR count). The number of Topliss-reactive ketones (excluding diaryl/α,β-unsaturated/α-hetero) is 1. The summed E-state index contributed by atoms with van der Waals surface area (Å²) in [5, 5.41) is 30.7. The van der Waals surface area contributed by atoms with Crippen molar-refractivity contribution in [2.75, 3.05) is 12.0 Å². The molecule has 5 N–H and O–H groups in total. The maximum Gasteiger partial charge on any atom is 0.418 e. The third kappa shape index (κ3) is 8.23. The van der Waals surface area contributed by atoms with E-state index in [-0.39, 0.29) is 34.7 Å². The molecule has 2 aromatic rings. The van der Waals surface area contributed by atoms with Crippen molar-refractivity contribution in [1.82, 2.24) is 15.1 Å². The highest BCUT2D eigenvalue weighted by atomic mass is 32.2. The lowest BCUT2D eigenvalue weighted by atomic mass is 9.73. The van der Waals surface area contributed by atoms with Gasteiger partial charge in [-0.3, -0.25) is 9.59 Å². The van der Waals surface area contributed by atoms with Gasteiger partial charge in [0.05, 0.1) is 41.0 Å². The van der Waals surface area contributed by atoms with Crippen molar-refractivity contribution in [3.63, 3.8) is 0 Å². The highest BCUT2D eigenvalue weighted by Crippen LogP contribution is 2.39. The maximum absolute atomic E-state index is 13.6. The van der Waals surface area contributed by atoms with Crippen LogP contribution < -0.4 is 11.1 Å². The number of nitrogen functional groups attached to an aromatic ring is 1. The Labute approximate surface area is 278 Å². The number of ketones is 1. The van der Waals surface area contributed by atoms with Gasteiger partial charge in [0, 0.05) is 29.6 Å². The van der Waals surface area contributed by atoms with E-state index in [1.54, 1.807) is 46.1 Å². The van der Waals surface area contributed by atoms with Crippen LogP contribution >= 0.6 is 11.8 Å². The predicted molar refractivity (Wildman–Crippen MR) is 176 cm³/mol. The molecule has 0 radical (unpaired) electrons. The quantitative estimate of drug-likeness (QED) is 0.136. The lowest BCUT2D eigenvalue weighted by molar-refractivity contribution is -0.154. The van der Waals surface area contributed by atoms with Crippen molar-refractivity contribution in [3.8, 4) is 5.69 Å². The van der Waals surface area contributed by atoms with E-state index >= 15 is 0 Å². The van der Waals surface area contributed by atoms with Gasteiger partial charge in [0.25, 0.3) is 0 Å². The molecular formula is C34H47F3N4O5S. The molecule has 2 aliphatic rings. The van der Waals surface area contributed by atoms with E-state index in [2.05, 4.69) is 17.3 Å². The molecule has 1 aromatic carbocycles. The molecule has 3 heterocycles. The fourth-order valence-corrected chi connectivity index (χ4v) is 7.03. The van der Waals surface area contributed by atoms with Crippen LogP contribution in [0.1, 0.15) is 84.9 Å². The average Bonchev–Trinajstić information content (AvgIpc) is 3.44. The number of carbonyl (C=O) groups is 2. The lowest BCUT2D eigenvalue weighted by Crippen LogP contribution is -2.45. The second-order valence-electron chi connectivity index (χ2n) is 14.0. The van der Waals surface area contributed by atoms with Gasteiger partial charge in [0.1, 0.15) is 16.9 Å². The molecule has 9 nitrogen and oxygen atoms in total. The number of ether oxygens (including phenoxy) is 1. The summed E-state index contributed by atoms with van der Waals surface area (Å²) in [6, 6.07) is 5.42.